The summed E-state index contributed by atoms with van der Waals surface area (Å²) in [5, 5.41) is 15.6. The van der Waals surface area contributed by atoms with Gasteiger partial charge in [-0.15, -0.1) is 0 Å². The minimum Gasteiger partial charge on any atom is -0.467 e. The Morgan fingerprint density at radius 1 is 1.10 bits per heavy atom. The molecule has 0 radical (unpaired) electrons. The van der Waals surface area contributed by atoms with Crippen LogP contribution in [0.1, 0.15) is 21.7 Å². The van der Waals surface area contributed by atoms with Crippen LogP contribution in [0.3, 0.4) is 0 Å². The summed E-state index contributed by atoms with van der Waals surface area (Å²) in [6.07, 6.45) is 4.19. The number of nitrogens with zero attached hydrogens (tertiary/aromatic N) is 5. The molecule has 0 aliphatic carbocycles. The number of carbonyl (C=O) groups excluding carboxylic acids is 1. The Balaban J connectivity index is 1.68. The Morgan fingerprint density at radius 2 is 1.93 bits per heavy atom. The van der Waals surface area contributed by atoms with E-state index < -0.39 is 4.92 Å². The van der Waals surface area contributed by atoms with Crippen molar-refractivity contribution in [2.24, 2.45) is 0 Å². The van der Waals surface area contributed by atoms with Gasteiger partial charge in [-0.2, -0.15) is 5.10 Å². The molecule has 0 aliphatic rings. The molecule has 0 fully saturated rings. The SMILES string of the molecule is O=C(c1ccc(-n2cncn2)c([N+](=O)[O-])c1)N(Cc1ccccc1)Cc1ccco1. The third kappa shape index (κ3) is 4.09. The van der Waals surface area contributed by atoms with Crippen molar-refractivity contribution >= 4 is 11.6 Å². The lowest BCUT2D eigenvalue weighted by Gasteiger charge is -2.22. The fourth-order valence-corrected chi connectivity index (χ4v) is 3.11. The second-order valence-electron chi connectivity index (χ2n) is 6.53. The van der Waals surface area contributed by atoms with Crippen molar-refractivity contribution in [1.29, 1.82) is 0 Å². The van der Waals surface area contributed by atoms with E-state index in [2.05, 4.69) is 10.1 Å². The molecule has 0 atom stereocenters. The monoisotopic (exact) mass is 403 g/mol. The topological polar surface area (TPSA) is 107 Å². The van der Waals surface area contributed by atoms with Gasteiger partial charge in [-0.3, -0.25) is 14.9 Å². The number of carbonyl (C=O) groups is 1. The van der Waals surface area contributed by atoms with Gasteiger partial charge < -0.3 is 9.32 Å². The predicted molar refractivity (Wildman–Crippen MR) is 107 cm³/mol. The summed E-state index contributed by atoms with van der Waals surface area (Å²) in [5.41, 5.74) is 1.14. The molecule has 2 heterocycles. The maximum atomic E-state index is 13.3. The molecule has 0 saturated carbocycles. The fourth-order valence-electron chi connectivity index (χ4n) is 3.11. The van der Waals surface area contributed by atoms with Crippen molar-refractivity contribution in [2.45, 2.75) is 13.1 Å². The maximum absolute atomic E-state index is 13.3. The van der Waals surface area contributed by atoms with Gasteiger partial charge in [0.1, 0.15) is 24.1 Å². The van der Waals surface area contributed by atoms with E-state index >= 15 is 0 Å². The van der Waals surface area contributed by atoms with Crippen LogP contribution in [0.2, 0.25) is 0 Å². The second-order valence-corrected chi connectivity index (χ2v) is 6.53. The van der Waals surface area contributed by atoms with Gasteiger partial charge in [0.2, 0.25) is 0 Å². The van der Waals surface area contributed by atoms with Gasteiger partial charge in [-0.25, -0.2) is 9.67 Å². The van der Waals surface area contributed by atoms with E-state index in [1.165, 1.54) is 35.7 Å². The molecule has 4 aromatic rings. The molecule has 0 bridgehead atoms. The highest BCUT2D eigenvalue weighted by Gasteiger charge is 2.23. The van der Waals surface area contributed by atoms with Crippen molar-refractivity contribution in [2.75, 3.05) is 0 Å². The lowest BCUT2D eigenvalue weighted by Crippen LogP contribution is -2.30. The highest BCUT2D eigenvalue weighted by molar-refractivity contribution is 5.95. The molecule has 2 aromatic heterocycles. The average molecular weight is 403 g/mol. The molecule has 0 saturated heterocycles. The zero-order valence-electron chi connectivity index (χ0n) is 15.8. The Labute approximate surface area is 171 Å². The van der Waals surface area contributed by atoms with Gasteiger partial charge in [0.05, 0.1) is 17.7 Å². The van der Waals surface area contributed by atoms with Crippen molar-refractivity contribution in [3.8, 4) is 5.69 Å². The number of amides is 1. The molecule has 150 valence electrons. The van der Waals surface area contributed by atoms with E-state index in [-0.39, 0.29) is 29.4 Å². The molecular formula is C21H17N5O4. The van der Waals surface area contributed by atoms with Gasteiger partial charge >= 0.3 is 0 Å². The Hall–Kier alpha value is -4.27. The lowest BCUT2D eigenvalue weighted by atomic mass is 10.1. The van der Waals surface area contributed by atoms with Crippen LogP contribution >= 0.6 is 0 Å². The summed E-state index contributed by atoms with van der Waals surface area (Å²) < 4.78 is 6.69. The maximum Gasteiger partial charge on any atom is 0.295 e. The predicted octanol–water partition coefficient (Wildman–Crippen LogP) is 3.61. The van der Waals surface area contributed by atoms with E-state index in [9.17, 15) is 14.9 Å². The fraction of sp³-hybridized carbons (Fsp3) is 0.0952. The van der Waals surface area contributed by atoms with E-state index in [0.29, 0.717) is 12.3 Å². The lowest BCUT2D eigenvalue weighted by molar-refractivity contribution is -0.384. The Kier molecular flexibility index (Phi) is 5.33. The van der Waals surface area contributed by atoms with E-state index in [1.54, 1.807) is 23.1 Å². The molecule has 2 aromatic carbocycles. The average Bonchev–Trinajstić information content (AvgIpc) is 3.47. The zero-order chi connectivity index (χ0) is 20.9. The summed E-state index contributed by atoms with van der Waals surface area (Å²) in [5.74, 6) is 0.275. The van der Waals surface area contributed by atoms with E-state index in [0.717, 1.165) is 5.56 Å². The first-order valence-electron chi connectivity index (χ1n) is 9.11. The highest BCUT2D eigenvalue weighted by Crippen LogP contribution is 2.25. The standard InChI is InChI=1S/C21H17N5O4/c27-21(17-8-9-19(20(11-17)26(28)29)25-15-22-14-23-25)24(13-18-7-4-10-30-18)12-16-5-2-1-3-6-16/h1-11,14-15H,12-13H2. The third-order valence-corrected chi connectivity index (χ3v) is 4.51. The highest BCUT2D eigenvalue weighted by atomic mass is 16.6. The van der Waals surface area contributed by atoms with Crippen molar-refractivity contribution in [1.82, 2.24) is 19.7 Å². The third-order valence-electron chi connectivity index (χ3n) is 4.51. The first-order chi connectivity index (χ1) is 14.6. The van der Waals surface area contributed by atoms with Crippen LogP contribution in [0.4, 0.5) is 5.69 Å². The molecule has 1 amide bonds. The number of rotatable bonds is 7. The summed E-state index contributed by atoms with van der Waals surface area (Å²) in [6, 6.07) is 17.3. The largest absolute Gasteiger partial charge is 0.467 e. The molecule has 4 rings (SSSR count). The first-order valence-corrected chi connectivity index (χ1v) is 9.11. The van der Waals surface area contributed by atoms with Crippen molar-refractivity contribution in [3.63, 3.8) is 0 Å². The molecule has 9 heteroatoms. The number of hydrogen-bond acceptors (Lipinski definition) is 6. The molecule has 0 unspecified atom stereocenters. The van der Waals surface area contributed by atoms with Gasteiger partial charge in [-0.1, -0.05) is 30.3 Å². The van der Waals surface area contributed by atoms with Crippen LogP contribution in [-0.2, 0) is 13.1 Å². The second kappa shape index (κ2) is 8.39. The van der Waals surface area contributed by atoms with Crippen LogP contribution in [0, 0.1) is 10.1 Å². The number of hydrogen-bond donors (Lipinski definition) is 0. The quantitative estimate of drug-likeness (QED) is 0.345. The summed E-state index contributed by atoms with van der Waals surface area (Å²) in [7, 11) is 0. The number of nitro benzene ring substituents is 1. The van der Waals surface area contributed by atoms with Crippen LogP contribution in [0.5, 0.6) is 0 Å². The number of benzene rings is 2. The number of furan rings is 1. The van der Waals surface area contributed by atoms with Crippen molar-refractivity contribution < 1.29 is 14.1 Å². The number of aromatic nitrogens is 3. The van der Waals surface area contributed by atoms with Gasteiger partial charge in [0.15, 0.2) is 0 Å². The molecular weight excluding hydrogens is 386 g/mol. The first kappa shape index (κ1) is 19.1. The summed E-state index contributed by atoms with van der Waals surface area (Å²) in [6.45, 7) is 0.568. The summed E-state index contributed by atoms with van der Waals surface area (Å²) in [4.78, 5) is 29.8. The van der Waals surface area contributed by atoms with E-state index in [4.69, 9.17) is 4.42 Å². The zero-order valence-corrected chi connectivity index (χ0v) is 15.8. The van der Waals surface area contributed by atoms with Crippen LogP contribution in [-0.4, -0.2) is 30.5 Å². The van der Waals surface area contributed by atoms with Crippen LogP contribution in [0.25, 0.3) is 5.69 Å². The molecule has 0 spiro atoms. The molecule has 0 aliphatic heterocycles. The van der Waals surface area contributed by atoms with Crippen LogP contribution < -0.4 is 0 Å². The van der Waals surface area contributed by atoms with Crippen LogP contribution in [0.15, 0.2) is 84.0 Å². The van der Waals surface area contributed by atoms with Gasteiger partial charge in [-0.05, 0) is 29.8 Å². The molecule has 0 N–H and O–H groups in total. The number of nitro groups is 1. The van der Waals surface area contributed by atoms with Gasteiger partial charge in [0, 0.05) is 18.2 Å². The smallest absolute Gasteiger partial charge is 0.295 e. The normalized spacial score (nSPS) is 10.7. The van der Waals surface area contributed by atoms with Gasteiger partial charge in [0.25, 0.3) is 11.6 Å². The molecule has 30 heavy (non-hydrogen) atoms. The van der Waals surface area contributed by atoms with Crippen molar-refractivity contribution in [3.05, 3.63) is 107 Å². The molecule has 9 nitrogen and oxygen atoms in total. The Morgan fingerprint density at radius 3 is 2.60 bits per heavy atom. The van der Waals surface area contributed by atoms with E-state index in [1.807, 2.05) is 30.3 Å². The summed E-state index contributed by atoms with van der Waals surface area (Å²) >= 11 is 0. The minimum atomic E-state index is -0.540. The Bertz CT molecular complexity index is 1140. The minimum absolute atomic E-state index is 0.202.